The molecule has 0 saturated carbocycles. The normalized spacial score (nSPS) is 11.6. The first-order valence-corrected chi connectivity index (χ1v) is 6.55. The van der Waals surface area contributed by atoms with Crippen LogP contribution in [0.15, 0.2) is 28.7 Å². The van der Waals surface area contributed by atoms with Crippen LogP contribution < -0.4 is 5.32 Å². The van der Waals surface area contributed by atoms with Gasteiger partial charge in [-0.05, 0) is 25.0 Å². The Kier molecular flexibility index (Phi) is 2.85. The molecule has 0 bridgehead atoms. The zero-order valence-electron chi connectivity index (χ0n) is 11.4. The van der Waals surface area contributed by atoms with Gasteiger partial charge in [0.25, 0.3) is 0 Å². The third kappa shape index (κ3) is 2.14. The number of fused-ring (bicyclic) bond motifs is 3. The van der Waals surface area contributed by atoms with Crippen LogP contribution in [0.1, 0.15) is 19.7 Å². The summed E-state index contributed by atoms with van der Waals surface area (Å²) in [5.74, 6) is 2.09. The summed E-state index contributed by atoms with van der Waals surface area (Å²) in [6.45, 7) is 7.10. The number of hydrogen-bond acceptors (Lipinski definition) is 4. The summed E-state index contributed by atoms with van der Waals surface area (Å²) in [6, 6.07) is 7.95. The molecule has 0 saturated heterocycles. The van der Waals surface area contributed by atoms with E-state index in [2.05, 4.69) is 29.1 Å². The van der Waals surface area contributed by atoms with Crippen molar-refractivity contribution in [2.45, 2.75) is 20.8 Å². The van der Waals surface area contributed by atoms with Gasteiger partial charge in [0.1, 0.15) is 16.9 Å². The van der Waals surface area contributed by atoms with Gasteiger partial charge in [0, 0.05) is 11.9 Å². The smallest absolute Gasteiger partial charge is 0.196 e. The zero-order valence-corrected chi connectivity index (χ0v) is 11.4. The summed E-state index contributed by atoms with van der Waals surface area (Å²) in [4.78, 5) is 8.96. The van der Waals surface area contributed by atoms with E-state index in [1.54, 1.807) is 0 Å². The fourth-order valence-corrected chi connectivity index (χ4v) is 2.12. The highest BCUT2D eigenvalue weighted by atomic mass is 16.3. The number of aromatic nitrogens is 2. The molecule has 0 unspecified atom stereocenters. The molecule has 0 radical (unpaired) electrons. The molecule has 0 amide bonds. The van der Waals surface area contributed by atoms with Gasteiger partial charge >= 0.3 is 0 Å². The van der Waals surface area contributed by atoms with E-state index in [0.717, 1.165) is 40.3 Å². The van der Waals surface area contributed by atoms with Gasteiger partial charge < -0.3 is 9.73 Å². The zero-order chi connectivity index (χ0) is 13.4. The van der Waals surface area contributed by atoms with Gasteiger partial charge in [-0.25, -0.2) is 9.97 Å². The molecule has 2 heterocycles. The molecule has 0 aliphatic rings. The maximum absolute atomic E-state index is 5.88. The predicted octanol–water partition coefficient (Wildman–Crippen LogP) is 3.75. The molecule has 2 aromatic heterocycles. The molecule has 3 aromatic rings. The number of rotatable bonds is 3. The van der Waals surface area contributed by atoms with E-state index < -0.39 is 0 Å². The van der Waals surface area contributed by atoms with Gasteiger partial charge in [0.15, 0.2) is 11.4 Å². The van der Waals surface area contributed by atoms with Crippen LogP contribution in [-0.2, 0) is 0 Å². The van der Waals surface area contributed by atoms with E-state index in [9.17, 15) is 0 Å². The topological polar surface area (TPSA) is 51.0 Å². The first kappa shape index (κ1) is 12.0. The standard InChI is InChI=1S/C15H17N3O/c1-9(2)8-16-15-14-13(17-10(3)18-15)11-6-4-5-7-12(11)19-14/h4-7,9H,8H2,1-3H3,(H,16,17,18). The SMILES string of the molecule is Cc1nc(NCC(C)C)c2oc3ccccc3c2n1. The number of hydrogen-bond donors (Lipinski definition) is 1. The van der Waals surface area contributed by atoms with E-state index >= 15 is 0 Å². The minimum atomic E-state index is 0.551. The van der Waals surface area contributed by atoms with Gasteiger partial charge in [0.05, 0.1) is 0 Å². The minimum Gasteiger partial charge on any atom is -0.450 e. The molecule has 0 atom stereocenters. The molecule has 0 spiro atoms. The van der Waals surface area contributed by atoms with Crippen LogP contribution in [0.5, 0.6) is 0 Å². The molecule has 3 rings (SSSR count). The molecule has 0 fully saturated rings. The van der Waals surface area contributed by atoms with E-state index in [1.807, 2.05) is 31.2 Å². The van der Waals surface area contributed by atoms with Crippen LogP contribution in [0.2, 0.25) is 0 Å². The third-order valence-electron chi connectivity index (χ3n) is 3.01. The van der Waals surface area contributed by atoms with Crippen molar-refractivity contribution in [2.24, 2.45) is 5.92 Å². The lowest BCUT2D eigenvalue weighted by molar-refractivity contribution is 0.658. The molecule has 98 valence electrons. The summed E-state index contributed by atoms with van der Waals surface area (Å²) in [6.07, 6.45) is 0. The molecule has 4 heteroatoms. The van der Waals surface area contributed by atoms with Crippen LogP contribution in [0.4, 0.5) is 5.82 Å². The number of nitrogens with zero attached hydrogens (tertiary/aromatic N) is 2. The lowest BCUT2D eigenvalue weighted by Gasteiger charge is -2.08. The van der Waals surface area contributed by atoms with Crippen molar-refractivity contribution >= 4 is 27.9 Å². The first-order chi connectivity index (χ1) is 9.15. The molecule has 19 heavy (non-hydrogen) atoms. The average Bonchev–Trinajstić information content (AvgIpc) is 2.75. The van der Waals surface area contributed by atoms with Gasteiger partial charge in [-0.15, -0.1) is 0 Å². The van der Waals surface area contributed by atoms with Crippen molar-refractivity contribution in [3.05, 3.63) is 30.1 Å². The highest BCUT2D eigenvalue weighted by Gasteiger charge is 2.14. The van der Waals surface area contributed by atoms with Crippen LogP contribution in [0.25, 0.3) is 22.1 Å². The fraction of sp³-hybridized carbons (Fsp3) is 0.333. The summed E-state index contributed by atoms with van der Waals surface area (Å²) in [7, 11) is 0. The van der Waals surface area contributed by atoms with Crippen molar-refractivity contribution in [3.63, 3.8) is 0 Å². The predicted molar refractivity (Wildman–Crippen MR) is 77.4 cm³/mol. The first-order valence-electron chi connectivity index (χ1n) is 6.55. The Morgan fingerprint density at radius 3 is 2.79 bits per heavy atom. The summed E-state index contributed by atoms with van der Waals surface area (Å²) >= 11 is 0. The van der Waals surface area contributed by atoms with Gasteiger partial charge in [-0.2, -0.15) is 0 Å². The van der Waals surface area contributed by atoms with Crippen LogP contribution >= 0.6 is 0 Å². The molecule has 0 aliphatic heterocycles. The van der Waals surface area contributed by atoms with Gasteiger partial charge in [-0.3, -0.25) is 0 Å². The quantitative estimate of drug-likeness (QED) is 0.774. The van der Waals surface area contributed by atoms with Crippen molar-refractivity contribution in [1.82, 2.24) is 9.97 Å². The molecule has 1 aromatic carbocycles. The lowest BCUT2D eigenvalue weighted by atomic mass is 10.2. The number of anilines is 1. The van der Waals surface area contributed by atoms with Crippen molar-refractivity contribution in [1.29, 1.82) is 0 Å². The number of furan rings is 1. The highest BCUT2D eigenvalue weighted by Crippen LogP contribution is 2.30. The average molecular weight is 255 g/mol. The van der Waals surface area contributed by atoms with Crippen LogP contribution in [0, 0.1) is 12.8 Å². The third-order valence-corrected chi connectivity index (χ3v) is 3.01. The largest absolute Gasteiger partial charge is 0.450 e. The molecular formula is C15H17N3O. The second-order valence-corrected chi connectivity index (χ2v) is 5.17. The van der Waals surface area contributed by atoms with Crippen molar-refractivity contribution < 1.29 is 4.42 Å². The molecule has 1 N–H and O–H groups in total. The summed E-state index contributed by atoms with van der Waals surface area (Å²) in [5, 5.41) is 4.38. The number of aryl methyl sites for hydroxylation is 1. The Morgan fingerprint density at radius 2 is 2.00 bits per heavy atom. The number of nitrogens with one attached hydrogen (secondary N) is 1. The van der Waals surface area contributed by atoms with Crippen LogP contribution in [0.3, 0.4) is 0 Å². The Labute approximate surface area is 111 Å². The monoisotopic (exact) mass is 255 g/mol. The van der Waals surface area contributed by atoms with Gasteiger partial charge in [0.2, 0.25) is 0 Å². The molecule has 4 nitrogen and oxygen atoms in total. The minimum absolute atomic E-state index is 0.551. The Bertz CT molecular complexity index is 731. The highest BCUT2D eigenvalue weighted by molar-refractivity contribution is 6.05. The number of para-hydroxylation sites is 1. The van der Waals surface area contributed by atoms with E-state index in [0.29, 0.717) is 5.92 Å². The fourth-order valence-electron chi connectivity index (χ4n) is 2.12. The second kappa shape index (κ2) is 4.53. The van der Waals surface area contributed by atoms with Crippen molar-refractivity contribution in [3.8, 4) is 0 Å². The van der Waals surface area contributed by atoms with E-state index in [-0.39, 0.29) is 0 Å². The molecule has 0 aliphatic carbocycles. The summed E-state index contributed by atoms with van der Waals surface area (Å²) < 4.78 is 5.88. The van der Waals surface area contributed by atoms with Gasteiger partial charge in [-0.1, -0.05) is 26.0 Å². The summed E-state index contributed by atoms with van der Waals surface area (Å²) in [5.41, 5.74) is 2.48. The Morgan fingerprint density at radius 1 is 1.21 bits per heavy atom. The van der Waals surface area contributed by atoms with E-state index in [4.69, 9.17) is 4.42 Å². The van der Waals surface area contributed by atoms with Crippen LogP contribution in [-0.4, -0.2) is 16.5 Å². The lowest BCUT2D eigenvalue weighted by Crippen LogP contribution is -2.10. The Hall–Kier alpha value is -2.10. The maximum Gasteiger partial charge on any atom is 0.196 e. The number of benzene rings is 1. The Balaban J connectivity index is 2.21. The van der Waals surface area contributed by atoms with Crippen molar-refractivity contribution in [2.75, 3.05) is 11.9 Å². The second-order valence-electron chi connectivity index (χ2n) is 5.17. The molecular weight excluding hydrogens is 238 g/mol. The maximum atomic E-state index is 5.88. The van der Waals surface area contributed by atoms with E-state index in [1.165, 1.54) is 0 Å².